The van der Waals surface area contributed by atoms with Gasteiger partial charge in [0.05, 0.1) is 0 Å². The third kappa shape index (κ3) is 5.31. The number of hydrogen-bond acceptors (Lipinski definition) is 4. The fourth-order valence-corrected chi connectivity index (χ4v) is 2.28. The minimum atomic E-state index is -1.04. The van der Waals surface area contributed by atoms with E-state index >= 15 is 0 Å². The van der Waals surface area contributed by atoms with Crippen LogP contribution in [-0.4, -0.2) is 28.0 Å². The molecule has 1 aromatic carbocycles. The molecule has 6 heteroatoms. The molecule has 0 radical (unpaired) electrons. The van der Waals surface area contributed by atoms with Crippen molar-refractivity contribution in [3.63, 3.8) is 0 Å². The Morgan fingerprint density at radius 3 is 2.72 bits per heavy atom. The number of nitrogens with one attached hydrogen (secondary N) is 1. The second-order valence-electron chi connectivity index (χ2n) is 5.85. The molecule has 0 unspecified atom stereocenters. The van der Waals surface area contributed by atoms with Crippen molar-refractivity contribution in [2.45, 2.75) is 32.9 Å². The van der Waals surface area contributed by atoms with Gasteiger partial charge in [0.1, 0.15) is 18.4 Å². The summed E-state index contributed by atoms with van der Waals surface area (Å²) in [6.07, 6.45) is 4.05. The van der Waals surface area contributed by atoms with Crippen molar-refractivity contribution in [1.82, 2.24) is 10.3 Å². The lowest BCUT2D eigenvalue weighted by atomic mass is 9.99. The Balaban J connectivity index is 2.04. The van der Waals surface area contributed by atoms with Crippen LogP contribution in [0.5, 0.6) is 5.75 Å². The molecule has 2 rings (SSSR count). The topological polar surface area (TPSA) is 88.5 Å². The average Bonchev–Trinajstić information content (AvgIpc) is 2.64. The molecule has 0 aliphatic heterocycles. The van der Waals surface area contributed by atoms with Gasteiger partial charge in [-0.05, 0) is 30.2 Å². The Morgan fingerprint density at radius 2 is 2.08 bits per heavy atom. The van der Waals surface area contributed by atoms with E-state index in [1.165, 1.54) is 0 Å². The lowest BCUT2D eigenvalue weighted by molar-refractivity contribution is -0.140. The summed E-state index contributed by atoms with van der Waals surface area (Å²) in [6, 6.07) is 9.47. The molecule has 0 aliphatic carbocycles. The summed E-state index contributed by atoms with van der Waals surface area (Å²) in [5, 5.41) is 11.9. The predicted molar refractivity (Wildman–Crippen MR) is 93.4 cm³/mol. The lowest BCUT2D eigenvalue weighted by Crippen LogP contribution is -2.45. The summed E-state index contributed by atoms with van der Waals surface area (Å²) in [6.45, 7) is 4.02. The van der Waals surface area contributed by atoms with E-state index in [0.29, 0.717) is 24.3 Å². The number of rotatable bonds is 8. The van der Waals surface area contributed by atoms with Crippen LogP contribution in [0.4, 0.5) is 0 Å². The number of amides is 1. The zero-order valence-corrected chi connectivity index (χ0v) is 14.3. The summed E-state index contributed by atoms with van der Waals surface area (Å²) in [7, 11) is 0. The number of benzene rings is 1. The highest BCUT2D eigenvalue weighted by Gasteiger charge is 2.25. The zero-order chi connectivity index (χ0) is 18.2. The van der Waals surface area contributed by atoms with Gasteiger partial charge in [0.25, 0.3) is 5.91 Å². The fourth-order valence-electron chi connectivity index (χ4n) is 2.28. The molecule has 0 aliphatic rings. The van der Waals surface area contributed by atoms with Gasteiger partial charge in [-0.15, -0.1) is 0 Å². The maximum atomic E-state index is 12.4. The smallest absolute Gasteiger partial charge is 0.326 e. The molecule has 0 bridgehead atoms. The van der Waals surface area contributed by atoms with Crippen LogP contribution in [0.25, 0.3) is 0 Å². The molecule has 2 atom stereocenters. The van der Waals surface area contributed by atoms with Crippen molar-refractivity contribution in [2.75, 3.05) is 0 Å². The van der Waals surface area contributed by atoms with Gasteiger partial charge >= 0.3 is 5.97 Å². The Kier molecular flexibility index (Phi) is 6.51. The molecular formula is C19H22N2O4. The molecule has 0 saturated carbocycles. The zero-order valence-electron chi connectivity index (χ0n) is 14.3. The molecule has 0 saturated heterocycles. The van der Waals surface area contributed by atoms with E-state index in [1.54, 1.807) is 43.6 Å². The van der Waals surface area contributed by atoms with Crippen LogP contribution in [0.2, 0.25) is 0 Å². The number of hydrogen-bond donors (Lipinski definition) is 2. The second-order valence-corrected chi connectivity index (χ2v) is 5.85. The van der Waals surface area contributed by atoms with Gasteiger partial charge in [-0.1, -0.05) is 32.4 Å². The molecule has 2 N–H and O–H groups in total. The first-order chi connectivity index (χ1) is 12.0. The summed E-state index contributed by atoms with van der Waals surface area (Å²) < 4.78 is 5.67. The van der Waals surface area contributed by atoms with Crippen LogP contribution in [0.1, 0.15) is 36.2 Å². The van der Waals surface area contributed by atoms with E-state index in [9.17, 15) is 14.7 Å². The van der Waals surface area contributed by atoms with Gasteiger partial charge in [0.2, 0.25) is 0 Å². The third-order valence-electron chi connectivity index (χ3n) is 3.99. The first kappa shape index (κ1) is 18.4. The predicted octanol–water partition coefficient (Wildman–Crippen LogP) is 2.89. The molecule has 2 aromatic rings. The molecule has 0 fully saturated rings. The van der Waals surface area contributed by atoms with Gasteiger partial charge in [-0.3, -0.25) is 9.78 Å². The van der Waals surface area contributed by atoms with Gasteiger partial charge in [-0.2, -0.15) is 0 Å². The van der Waals surface area contributed by atoms with E-state index in [2.05, 4.69) is 10.3 Å². The third-order valence-corrected chi connectivity index (χ3v) is 3.99. The molecule has 0 spiro atoms. The number of ether oxygens (including phenoxy) is 1. The maximum Gasteiger partial charge on any atom is 0.326 e. The van der Waals surface area contributed by atoms with Crippen LogP contribution in [0, 0.1) is 5.92 Å². The number of nitrogens with zero attached hydrogens (tertiary/aromatic N) is 1. The SMILES string of the molecule is CC[C@H](C)[C@H](NC(=O)c1cccc(OCc2cccnc2)c1)C(=O)O. The molecule has 132 valence electrons. The minimum Gasteiger partial charge on any atom is -0.489 e. The number of pyridine rings is 1. The molecule has 6 nitrogen and oxygen atoms in total. The average molecular weight is 342 g/mol. The summed E-state index contributed by atoms with van der Waals surface area (Å²) in [5.41, 5.74) is 1.28. The van der Waals surface area contributed by atoms with Gasteiger partial charge in [-0.25, -0.2) is 4.79 Å². The van der Waals surface area contributed by atoms with Crippen molar-refractivity contribution in [3.05, 3.63) is 59.9 Å². The summed E-state index contributed by atoms with van der Waals surface area (Å²) >= 11 is 0. The highest BCUT2D eigenvalue weighted by molar-refractivity contribution is 5.96. The number of carboxylic acid groups (broad SMARTS) is 1. The highest BCUT2D eigenvalue weighted by Crippen LogP contribution is 2.16. The van der Waals surface area contributed by atoms with E-state index in [0.717, 1.165) is 5.56 Å². The Hall–Kier alpha value is -2.89. The summed E-state index contributed by atoms with van der Waals surface area (Å²) in [4.78, 5) is 27.7. The van der Waals surface area contributed by atoms with Crippen LogP contribution < -0.4 is 10.1 Å². The monoisotopic (exact) mass is 342 g/mol. The Morgan fingerprint density at radius 1 is 1.28 bits per heavy atom. The Labute approximate surface area is 146 Å². The normalized spacial score (nSPS) is 12.9. The molecule has 1 aromatic heterocycles. The number of carbonyl (C=O) groups excluding carboxylic acids is 1. The number of carboxylic acids is 1. The molecule has 25 heavy (non-hydrogen) atoms. The second kappa shape index (κ2) is 8.82. The number of aromatic nitrogens is 1. The minimum absolute atomic E-state index is 0.161. The van der Waals surface area contributed by atoms with Crippen molar-refractivity contribution >= 4 is 11.9 Å². The van der Waals surface area contributed by atoms with Crippen molar-refractivity contribution in [2.24, 2.45) is 5.92 Å². The lowest BCUT2D eigenvalue weighted by Gasteiger charge is -2.20. The molecule has 1 heterocycles. The summed E-state index contributed by atoms with van der Waals surface area (Å²) in [5.74, 6) is -1.09. The van der Waals surface area contributed by atoms with Crippen LogP contribution in [0.3, 0.4) is 0 Å². The molecule has 1 amide bonds. The van der Waals surface area contributed by atoms with Crippen LogP contribution in [0.15, 0.2) is 48.8 Å². The van der Waals surface area contributed by atoms with E-state index in [1.807, 2.05) is 19.1 Å². The standard InChI is InChI=1S/C19H22N2O4/c1-3-13(2)17(19(23)24)21-18(22)15-7-4-8-16(10-15)25-12-14-6-5-9-20-11-14/h4-11,13,17H,3,12H2,1-2H3,(H,21,22)(H,23,24)/t13-,17-/m0/s1. The van der Waals surface area contributed by atoms with Crippen molar-refractivity contribution < 1.29 is 19.4 Å². The maximum absolute atomic E-state index is 12.4. The van der Waals surface area contributed by atoms with Gasteiger partial charge in [0.15, 0.2) is 0 Å². The number of aliphatic carboxylic acids is 1. The van der Waals surface area contributed by atoms with Gasteiger partial charge < -0.3 is 15.2 Å². The van der Waals surface area contributed by atoms with E-state index in [4.69, 9.17) is 4.74 Å². The fraction of sp³-hybridized carbons (Fsp3) is 0.316. The Bertz CT molecular complexity index is 718. The number of carbonyl (C=O) groups is 2. The molecular weight excluding hydrogens is 320 g/mol. The van der Waals surface area contributed by atoms with Gasteiger partial charge in [0, 0.05) is 23.5 Å². The van der Waals surface area contributed by atoms with E-state index in [-0.39, 0.29) is 5.92 Å². The van der Waals surface area contributed by atoms with E-state index < -0.39 is 17.9 Å². The van der Waals surface area contributed by atoms with Crippen molar-refractivity contribution in [1.29, 1.82) is 0 Å². The van der Waals surface area contributed by atoms with Crippen LogP contribution in [-0.2, 0) is 11.4 Å². The first-order valence-electron chi connectivity index (χ1n) is 8.16. The quantitative estimate of drug-likeness (QED) is 0.770. The van der Waals surface area contributed by atoms with Crippen LogP contribution >= 0.6 is 0 Å². The highest BCUT2D eigenvalue weighted by atomic mass is 16.5. The first-order valence-corrected chi connectivity index (χ1v) is 8.16. The largest absolute Gasteiger partial charge is 0.489 e. The van der Waals surface area contributed by atoms with Crippen molar-refractivity contribution in [3.8, 4) is 5.75 Å².